The molecule has 0 heteroatoms. The molecule has 0 N–H and O–H groups in total. The summed E-state index contributed by atoms with van der Waals surface area (Å²) in [5.74, 6) is 5.11. The minimum Gasteiger partial charge on any atom is -0.0622 e. The summed E-state index contributed by atoms with van der Waals surface area (Å²) in [6, 6.07) is 0. The van der Waals surface area contributed by atoms with Crippen LogP contribution in [-0.4, -0.2) is 0 Å². The van der Waals surface area contributed by atoms with Gasteiger partial charge < -0.3 is 0 Å². The van der Waals surface area contributed by atoms with Gasteiger partial charge in [-0.05, 0) is 53.3 Å². The van der Waals surface area contributed by atoms with Crippen LogP contribution in [0, 0.1) is 40.4 Å². The zero-order chi connectivity index (χ0) is 10.3. The average Bonchev–Trinajstić information content (AvgIpc) is 2.33. The first-order chi connectivity index (χ1) is 6.44. The molecule has 0 aromatic rings. The Labute approximate surface area is 88.5 Å². The molecule has 0 spiro atoms. The lowest BCUT2D eigenvalue weighted by Gasteiger charge is -2.77. The first-order valence-corrected chi connectivity index (χ1v) is 6.44. The smallest absolute Gasteiger partial charge is 0.0207 e. The molecule has 3 rings (SSSR count). The second kappa shape index (κ2) is 2.23. The normalized spacial score (nSPS) is 70.5. The Morgan fingerprint density at radius 3 is 2.00 bits per heavy atom. The van der Waals surface area contributed by atoms with Gasteiger partial charge in [0.25, 0.3) is 0 Å². The van der Waals surface area contributed by atoms with Gasteiger partial charge in [-0.3, -0.25) is 0 Å². The molecule has 0 aromatic heterocycles. The van der Waals surface area contributed by atoms with Crippen molar-refractivity contribution in [2.45, 2.75) is 47.5 Å². The number of hydrogen-bond acceptors (Lipinski definition) is 0. The van der Waals surface area contributed by atoms with Crippen LogP contribution in [0.4, 0.5) is 0 Å². The van der Waals surface area contributed by atoms with Crippen molar-refractivity contribution in [3.05, 3.63) is 0 Å². The molecule has 7 unspecified atom stereocenters. The molecule has 14 heavy (non-hydrogen) atoms. The molecule has 0 radical (unpaired) electrons. The molecule has 7 atom stereocenters. The summed E-state index contributed by atoms with van der Waals surface area (Å²) in [7, 11) is 0. The minimum absolute atomic E-state index is 0.689. The van der Waals surface area contributed by atoms with Crippen LogP contribution in [0.1, 0.15) is 47.5 Å². The van der Waals surface area contributed by atoms with Gasteiger partial charge in [-0.15, -0.1) is 0 Å². The Hall–Kier alpha value is 0. The van der Waals surface area contributed by atoms with Gasteiger partial charge in [0, 0.05) is 0 Å². The van der Waals surface area contributed by atoms with Gasteiger partial charge in [0.2, 0.25) is 0 Å². The summed E-state index contributed by atoms with van der Waals surface area (Å²) >= 11 is 0. The SMILES string of the molecule is CC1CC(C)C2(C)C1C1CC(C)C12C. The van der Waals surface area contributed by atoms with Crippen LogP contribution in [-0.2, 0) is 0 Å². The highest BCUT2D eigenvalue weighted by Gasteiger charge is 2.77. The van der Waals surface area contributed by atoms with Crippen LogP contribution in [0.15, 0.2) is 0 Å². The fraction of sp³-hybridized carbons (Fsp3) is 1.00. The summed E-state index contributed by atoms with van der Waals surface area (Å²) in [4.78, 5) is 0. The highest BCUT2D eigenvalue weighted by molar-refractivity contribution is 5.25. The Kier molecular flexibility index (Phi) is 1.47. The van der Waals surface area contributed by atoms with Crippen molar-refractivity contribution in [1.29, 1.82) is 0 Å². The van der Waals surface area contributed by atoms with Gasteiger partial charge in [-0.25, -0.2) is 0 Å². The van der Waals surface area contributed by atoms with Gasteiger partial charge in [0.05, 0.1) is 0 Å². The molecule has 0 nitrogen and oxygen atoms in total. The Morgan fingerprint density at radius 2 is 1.43 bits per heavy atom. The van der Waals surface area contributed by atoms with E-state index in [-0.39, 0.29) is 0 Å². The molecule has 0 heterocycles. The van der Waals surface area contributed by atoms with E-state index in [1.165, 1.54) is 12.8 Å². The molecule has 0 aromatic carbocycles. The maximum Gasteiger partial charge on any atom is -0.0207 e. The van der Waals surface area contributed by atoms with Crippen molar-refractivity contribution in [3.63, 3.8) is 0 Å². The lowest BCUT2D eigenvalue weighted by atomic mass is 9.27. The summed E-state index contributed by atoms with van der Waals surface area (Å²) in [5, 5.41) is 0. The largest absolute Gasteiger partial charge is 0.0622 e. The summed E-state index contributed by atoms with van der Waals surface area (Å²) in [6.07, 6.45) is 3.01. The Bertz CT molecular complexity index is 282. The topological polar surface area (TPSA) is 0 Å². The minimum atomic E-state index is 0.689. The van der Waals surface area contributed by atoms with Crippen molar-refractivity contribution in [2.24, 2.45) is 40.4 Å². The van der Waals surface area contributed by atoms with Crippen LogP contribution in [0.2, 0.25) is 0 Å². The molecule has 0 amide bonds. The quantitative estimate of drug-likeness (QED) is 0.545. The highest BCUT2D eigenvalue weighted by atomic mass is 14.8. The van der Waals surface area contributed by atoms with E-state index < -0.39 is 0 Å². The maximum atomic E-state index is 2.60. The predicted octanol–water partition coefficient (Wildman–Crippen LogP) is 3.96. The second-order valence-corrected chi connectivity index (χ2v) is 6.95. The van der Waals surface area contributed by atoms with Crippen molar-refractivity contribution in [3.8, 4) is 0 Å². The second-order valence-electron chi connectivity index (χ2n) is 6.95. The van der Waals surface area contributed by atoms with E-state index in [9.17, 15) is 0 Å². The van der Waals surface area contributed by atoms with E-state index in [2.05, 4.69) is 34.6 Å². The van der Waals surface area contributed by atoms with Crippen LogP contribution in [0.3, 0.4) is 0 Å². The van der Waals surface area contributed by atoms with Gasteiger partial charge in [0.1, 0.15) is 0 Å². The van der Waals surface area contributed by atoms with E-state index in [1.807, 2.05) is 0 Å². The number of fused-ring (bicyclic) bond motifs is 4. The summed E-state index contributed by atoms with van der Waals surface area (Å²) in [6.45, 7) is 12.7. The fourth-order valence-electron chi connectivity index (χ4n) is 6.00. The van der Waals surface area contributed by atoms with Crippen LogP contribution >= 0.6 is 0 Å². The highest BCUT2D eigenvalue weighted by Crippen LogP contribution is 2.83. The molecule has 3 fully saturated rings. The van der Waals surface area contributed by atoms with Gasteiger partial charge in [0.15, 0.2) is 0 Å². The monoisotopic (exact) mass is 192 g/mol. The van der Waals surface area contributed by atoms with Crippen molar-refractivity contribution < 1.29 is 0 Å². The summed E-state index contributed by atoms with van der Waals surface area (Å²) < 4.78 is 0. The average molecular weight is 192 g/mol. The first-order valence-electron chi connectivity index (χ1n) is 6.44. The van der Waals surface area contributed by atoms with E-state index in [0.717, 1.165) is 29.6 Å². The van der Waals surface area contributed by atoms with Gasteiger partial charge in [-0.2, -0.15) is 0 Å². The third kappa shape index (κ3) is 0.605. The van der Waals surface area contributed by atoms with E-state index >= 15 is 0 Å². The molecule has 0 aliphatic heterocycles. The van der Waals surface area contributed by atoms with E-state index in [0.29, 0.717) is 10.8 Å². The molecular formula is C14H24. The van der Waals surface area contributed by atoms with Crippen LogP contribution < -0.4 is 0 Å². The summed E-state index contributed by atoms with van der Waals surface area (Å²) in [5.41, 5.74) is 1.40. The molecular weight excluding hydrogens is 168 g/mol. The van der Waals surface area contributed by atoms with Crippen LogP contribution in [0.25, 0.3) is 0 Å². The van der Waals surface area contributed by atoms with Crippen molar-refractivity contribution in [1.82, 2.24) is 0 Å². The standard InChI is InChI=1S/C14H24/c1-8-6-9(2)14(5)12(8)11-7-10(3)13(11,14)4/h8-12H,6-7H2,1-5H3. The molecule has 3 aliphatic carbocycles. The molecule has 3 saturated carbocycles. The zero-order valence-corrected chi connectivity index (χ0v) is 10.3. The van der Waals surface area contributed by atoms with E-state index in [1.54, 1.807) is 0 Å². The Morgan fingerprint density at radius 1 is 0.857 bits per heavy atom. The van der Waals surface area contributed by atoms with E-state index in [4.69, 9.17) is 0 Å². The third-order valence-electron chi connectivity index (χ3n) is 7.05. The van der Waals surface area contributed by atoms with Crippen molar-refractivity contribution in [2.75, 3.05) is 0 Å². The zero-order valence-electron chi connectivity index (χ0n) is 10.3. The van der Waals surface area contributed by atoms with Gasteiger partial charge in [-0.1, -0.05) is 34.6 Å². The van der Waals surface area contributed by atoms with Crippen molar-refractivity contribution >= 4 is 0 Å². The predicted molar refractivity (Wildman–Crippen MR) is 59.9 cm³/mol. The Balaban J connectivity index is 2.01. The molecule has 80 valence electrons. The molecule has 0 bridgehead atoms. The van der Waals surface area contributed by atoms with Crippen LogP contribution in [0.5, 0.6) is 0 Å². The molecule has 3 aliphatic rings. The molecule has 0 saturated heterocycles. The fourth-order valence-corrected chi connectivity index (χ4v) is 6.00. The third-order valence-corrected chi connectivity index (χ3v) is 7.05. The lowest BCUT2D eigenvalue weighted by Crippen LogP contribution is -2.72. The number of hydrogen-bond donors (Lipinski definition) is 0. The first kappa shape index (κ1) is 9.24. The maximum absolute atomic E-state index is 2.60. The van der Waals surface area contributed by atoms with Gasteiger partial charge >= 0.3 is 0 Å². The lowest BCUT2D eigenvalue weighted by molar-refractivity contribution is -0.296. The number of rotatable bonds is 0.